The highest BCUT2D eigenvalue weighted by atomic mass is 35.5. The number of nitrogens with two attached hydrogens (primary N) is 1. The van der Waals surface area contributed by atoms with Gasteiger partial charge in [0.25, 0.3) is 0 Å². The smallest absolute Gasteiger partial charge is 0.0604 e. The molecule has 2 aromatic rings. The lowest BCUT2D eigenvalue weighted by atomic mass is 10.0. The molecule has 0 radical (unpaired) electrons. The molecule has 2 atom stereocenters. The predicted octanol–water partition coefficient (Wildman–Crippen LogP) is 3.84. The normalized spacial score (nSPS) is 13.9. The first-order chi connectivity index (χ1) is 9.61. The molecule has 0 heterocycles. The molecule has 2 nitrogen and oxygen atoms in total. The Morgan fingerprint density at radius 2 is 1.75 bits per heavy atom. The molecule has 20 heavy (non-hydrogen) atoms. The van der Waals surface area contributed by atoms with Gasteiger partial charge >= 0.3 is 0 Å². The van der Waals surface area contributed by atoms with Gasteiger partial charge in [-0.3, -0.25) is 4.21 Å². The zero-order valence-corrected chi connectivity index (χ0v) is 13.1. The average molecular weight is 328 g/mol. The van der Waals surface area contributed by atoms with Crippen LogP contribution in [0, 0.1) is 0 Å². The summed E-state index contributed by atoms with van der Waals surface area (Å²) in [4.78, 5) is 0.675. The molecule has 106 valence electrons. The van der Waals surface area contributed by atoms with Crippen LogP contribution < -0.4 is 5.73 Å². The van der Waals surface area contributed by atoms with Gasteiger partial charge in [0, 0.05) is 23.1 Å². The third-order valence-corrected chi connectivity index (χ3v) is 5.29. The molecule has 0 spiro atoms. The maximum atomic E-state index is 12.4. The lowest BCUT2D eigenvalue weighted by molar-refractivity contribution is 0.672. The second-order valence-electron chi connectivity index (χ2n) is 4.43. The summed E-state index contributed by atoms with van der Waals surface area (Å²) in [5.41, 5.74) is 6.90. The van der Waals surface area contributed by atoms with Gasteiger partial charge in [-0.1, -0.05) is 53.5 Å². The molecule has 2 rings (SSSR count). The van der Waals surface area contributed by atoms with Gasteiger partial charge in [-0.05, 0) is 23.8 Å². The summed E-state index contributed by atoms with van der Waals surface area (Å²) in [6.45, 7) is 0.455. The van der Waals surface area contributed by atoms with Gasteiger partial charge in [0.15, 0.2) is 0 Å². The van der Waals surface area contributed by atoms with E-state index in [4.69, 9.17) is 28.9 Å². The van der Waals surface area contributed by atoms with E-state index in [-0.39, 0.29) is 5.92 Å². The van der Waals surface area contributed by atoms with Crippen LogP contribution in [0.1, 0.15) is 11.5 Å². The summed E-state index contributed by atoms with van der Waals surface area (Å²) in [6.07, 6.45) is 0. The topological polar surface area (TPSA) is 43.1 Å². The van der Waals surface area contributed by atoms with Gasteiger partial charge in [0.1, 0.15) is 0 Å². The highest BCUT2D eigenvalue weighted by Gasteiger charge is 2.15. The van der Waals surface area contributed by atoms with Crippen LogP contribution in [0.4, 0.5) is 0 Å². The van der Waals surface area contributed by atoms with E-state index in [1.54, 1.807) is 18.2 Å². The molecule has 0 amide bonds. The molecule has 2 unspecified atom stereocenters. The van der Waals surface area contributed by atoms with Crippen LogP contribution in [0.5, 0.6) is 0 Å². The van der Waals surface area contributed by atoms with E-state index in [9.17, 15) is 4.21 Å². The number of benzene rings is 2. The molecule has 0 aromatic heterocycles. The van der Waals surface area contributed by atoms with E-state index in [0.29, 0.717) is 27.2 Å². The van der Waals surface area contributed by atoms with Crippen molar-refractivity contribution in [1.29, 1.82) is 0 Å². The van der Waals surface area contributed by atoms with Crippen LogP contribution in [-0.4, -0.2) is 16.5 Å². The second kappa shape index (κ2) is 7.23. The molecule has 0 aliphatic carbocycles. The number of rotatable bonds is 5. The van der Waals surface area contributed by atoms with Gasteiger partial charge < -0.3 is 5.73 Å². The van der Waals surface area contributed by atoms with E-state index in [0.717, 1.165) is 5.56 Å². The van der Waals surface area contributed by atoms with Gasteiger partial charge in [-0.15, -0.1) is 0 Å². The number of halogens is 2. The Labute approximate surface area is 131 Å². The Kier molecular flexibility index (Phi) is 5.61. The number of hydrogen-bond acceptors (Lipinski definition) is 2. The average Bonchev–Trinajstić information content (AvgIpc) is 2.48. The van der Waals surface area contributed by atoms with E-state index >= 15 is 0 Å². The highest BCUT2D eigenvalue weighted by Crippen LogP contribution is 2.25. The van der Waals surface area contributed by atoms with Crippen molar-refractivity contribution in [2.24, 2.45) is 5.73 Å². The summed E-state index contributed by atoms with van der Waals surface area (Å²) in [6, 6.07) is 14.9. The first-order valence-electron chi connectivity index (χ1n) is 6.20. The summed E-state index contributed by atoms with van der Waals surface area (Å²) in [5, 5.41) is 0.882. The molecule has 0 saturated carbocycles. The molecule has 0 bridgehead atoms. The van der Waals surface area contributed by atoms with Crippen LogP contribution in [-0.2, 0) is 10.8 Å². The largest absolute Gasteiger partial charge is 0.330 e. The lowest BCUT2D eigenvalue weighted by Crippen LogP contribution is -2.19. The maximum absolute atomic E-state index is 12.4. The van der Waals surface area contributed by atoms with Crippen LogP contribution in [0.15, 0.2) is 53.4 Å². The maximum Gasteiger partial charge on any atom is 0.0604 e. The lowest BCUT2D eigenvalue weighted by Gasteiger charge is -2.15. The van der Waals surface area contributed by atoms with Crippen molar-refractivity contribution in [3.63, 3.8) is 0 Å². The fraction of sp³-hybridized carbons (Fsp3) is 0.200. The minimum atomic E-state index is -1.16. The van der Waals surface area contributed by atoms with Crippen molar-refractivity contribution in [1.82, 2.24) is 0 Å². The molecular formula is C15H15Cl2NOS. The number of hydrogen-bond donors (Lipinski definition) is 1. The van der Waals surface area contributed by atoms with Crippen molar-refractivity contribution < 1.29 is 4.21 Å². The molecule has 0 fully saturated rings. The Bertz CT molecular complexity index is 604. The monoisotopic (exact) mass is 327 g/mol. The molecule has 5 heteroatoms. The zero-order chi connectivity index (χ0) is 14.5. The van der Waals surface area contributed by atoms with Crippen LogP contribution in [0.3, 0.4) is 0 Å². The van der Waals surface area contributed by atoms with E-state index < -0.39 is 10.8 Å². The SMILES string of the molecule is NCC(CS(=O)c1ccc(Cl)c(Cl)c1)c1ccccc1. The predicted molar refractivity (Wildman–Crippen MR) is 86.0 cm³/mol. The summed E-state index contributed by atoms with van der Waals surface area (Å²) < 4.78 is 12.4. The van der Waals surface area contributed by atoms with Crippen LogP contribution in [0.2, 0.25) is 10.0 Å². The summed E-state index contributed by atoms with van der Waals surface area (Å²) >= 11 is 11.8. The highest BCUT2D eigenvalue weighted by molar-refractivity contribution is 7.85. The fourth-order valence-corrected chi connectivity index (χ4v) is 3.64. The van der Waals surface area contributed by atoms with Gasteiger partial charge in [-0.25, -0.2) is 0 Å². The van der Waals surface area contributed by atoms with E-state index in [2.05, 4.69) is 0 Å². The van der Waals surface area contributed by atoms with Crippen LogP contribution in [0.25, 0.3) is 0 Å². The summed E-state index contributed by atoms with van der Waals surface area (Å²) in [7, 11) is -1.16. The molecule has 2 N–H and O–H groups in total. The van der Waals surface area contributed by atoms with Crippen molar-refractivity contribution >= 4 is 34.0 Å². The van der Waals surface area contributed by atoms with Crippen molar-refractivity contribution in [2.75, 3.05) is 12.3 Å². The molecule has 2 aromatic carbocycles. The molecule has 0 aliphatic rings. The third kappa shape index (κ3) is 3.83. The van der Waals surface area contributed by atoms with Gasteiger partial charge in [0.2, 0.25) is 0 Å². The Morgan fingerprint density at radius 1 is 1.05 bits per heavy atom. The quantitative estimate of drug-likeness (QED) is 0.906. The molecule has 0 aliphatic heterocycles. The first kappa shape index (κ1) is 15.5. The van der Waals surface area contributed by atoms with Crippen molar-refractivity contribution in [2.45, 2.75) is 10.8 Å². The minimum absolute atomic E-state index is 0.0616. The summed E-state index contributed by atoms with van der Waals surface area (Å²) in [5.74, 6) is 0.532. The van der Waals surface area contributed by atoms with Crippen molar-refractivity contribution in [3.05, 3.63) is 64.1 Å². The van der Waals surface area contributed by atoms with Gasteiger partial charge in [-0.2, -0.15) is 0 Å². The molecule has 0 saturated heterocycles. The fourth-order valence-electron chi connectivity index (χ4n) is 1.92. The van der Waals surface area contributed by atoms with E-state index in [1.165, 1.54) is 0 Å². The standard InChI is InChI=1S/C15H15Cl2NOS/c16-14-7-6-13(8-15(14)17)20(19)10-12(9-18)11-4-2-1-3-5-11/h1-8,12H,9-10,18H2. The van der Waals surface area contributed by atoms with Crippen LogP contribution >= 0.6 is 23.2 Å². The molecular weight excluding hydrogens is 313 g/mol. The first-order valence-corrected chi connectivity index (χ1v) is 8.27. The Hall–Kier alpha value is -0.870. The Balaban J connectivity index is 2.15. The second-order valence-corrected chi connectivity index (χ2v) is 6.74. The van der Waals surface area contributed by atoms with Gasteiger partial charge in [0.05, 0.1) is 20.8 Å². The zero-order valence-electron chi connectivity index (χ0n) is 10.8. The minimum Gasteiger partial charge on any atom is -0.330 e. The van der Waals surface area contributed by atoms with E-state index in [1.807, 2.05) is 30.3 Å². The Morgan fingerprint density at radius 3 is 2.35 bits per heavy atom. The van der Waals surface area contributed by atoms with Crippen molar-refractivity contribution in [3.8, 4) is 0 Å². The third-order valence-electron chi connectivity index (χ3n) is 3.06.